The summed E-state index contributed by atoms with van der Waals surface area (Å²) >= 11 is 0. The quantitative estimate of drug-likeness (QED) is 0.265. The number of nitrogens with zero attached hydrogens (tertiary/aromatic N) is 6. The standard InChI is InChI=1S/C31H36FN9/c1-19-3-12-25(32)28-27(19)37-31(38-28)36-21-6-4-20(5-7-21)24-17-41(30-26(24)29(33)34-18-35-30)23-10-8-22(9-11-23)40-15-13-39(2)14-16-40/h3-7,12,17-18,22-23H,8-11,13-16H2,1-2H3,(H2,33,34,35)(H2,36,37,38)/t22-,23-. The number of anilines is 3. The summed E-state index contributed by atoms with van der Waals surface area (Å²) in [4.78, 5) is 21.7. The molecule has 41 heavy (non-hydrogen) atoms. The molecule has 2 aliphatic rings. The molecule has 7 rings (SSSR count). The maximum atomic E-state index is 14.2. The van der Waals surface area contributed by atoms with E-state index in [0.717, 1.165) is 59.3 Å². The molecule has 1 saturated heterocycles. The number of aryl methyl sites for hydroxylation is 1. The molecule has 4 N–H and O–H groups in total. The molecule has 0 radical (unpaired) electrons. The number of piperazine rings is 1. The van der Waals surface area contributed by atoms with Crippen LogP contribution in [0.4, 0.5) is 21.8 Å². The van der Waals surface area contributed by atoms with Gasteiger partial charge in [-0.3, -0.25) is 4.90 Å². The van der Waals surface area contributed by atoms with Crippen LogP contribution in [0.2, 0.25) is 0 Å². The van der Waals surface area contributed by atoms with E-state index in [-0.39, 0.29) is 5.82 Å². The van der Waals surface area contributed by atoms with E-state index < -0.39 is 0 Å². The van der Waals surface area contributed by atoms with Crippen molar-refractivity contribution in [2.45, 2.75) is 44.7 Å². The van der Waals surface area contributed by atoms with Gasteiger partial charge in [-0.1, -0.05) is 18.2 Å². The average molecular weight is 554 g/mol. The van der Waals surface area contributed by atoms with Gasteiger partial charge in [0.05, 0.1) is 10.9 Å². The summed E-state index contributed by atoms with van der Waals surface area (Å²) in [6, 6.07) is 12.4. The van der Waals surface area contributed by atoms with Gasteiger partial charge in [0.25, 0.3) is 0 Å². The molecule has 2 aromatic carbocycles. The summed E-state index contributed by atoms with van der Waals surface area (Å²) in [5.41, 5.74) is 12.2. The molecule has 0 amide bonds. The molecule has 1 saturated carbocycles. The largest absolute Gasteiger partial charge is 0.383 e. The summed E-state index contributed by atoms with van der Waals surface area (Å²) in [6.07, 6.45) is 8.45. The van der Waals surface area contributed by atoms with Gasteiger partial charge in [-0.15, -0.1) is 0 Å². The molecule has 0 spiro atoms. The average Bonchev–Trinajstić information content (AvgIpc) is 3.60. The van der Waals surface area contributed by atoms with E-state index in [4.69, 9.17) is 5.73 Å². The van der Waals surface area contributed by atoms with Gasteiger partial charge in [-0.25, -0.2) is 19.3 Å². The molecule has 10 heteroatoms. The first-order chi connectivity index (χ1) is 19.9. The van der Waals surface area contributed by atoms with E-state index in [9.17, 15) is 4.39 Å². The van der Waals surface area contributed by atoms with Crippen LogP contribution in [-0.4, -0.2) is 73.6 Å². The zero-order chi connectivity index (χ0) is 28.1. The number of hydrogen-bond acceptors (Lipinski definition) is 7. The Morgan fingerprint density at radius 2 is 1.68 bits per heavy atom. The third-order valence-electron chi connectivity index (χ3n) is 9.02. The van der Waals surface area contributed by atoms with Crippen molar-refractivity contribution in [3.63, 3.8) is 0 Å². The van der Waals surface area contributed by atoms with Gasteiger partial charge in [0.15, 0.2) is 5.82 Å². The maximum Gasteiger partial charge on any atom is 0.205 e. The van der Waals surface area contributed by atoms with E-state index in [2.05, 4.69) is 65.0 Å². The second-order valence-corrected chi connectivity index (χ2v) is 11.6. The van der Waals surface area contributed by atoms with Crippen LogP contribution in [0, 0.1) is 12.7 Å². The molecular formula is C31H36FN9. The van der Waals surface area contributed by atoms with Crippen LogP contribution in [0.15, 0.2) is 48.9 Å². The predicted octanol–water partition coefficient (Wildman–Crippen LogP) is 5.48. The third-order valence-corrected chi connectivity index (χ3v) is 9.02. The van der Waals surface area contributed by atoms with Crippen molar-refractivity contribution < 1.29 is 4.39 Å². The molecule has 5 aromatic rings. The van der Waals surface area contributed by atoms with Crippen molar-refractivity contribution >= 4 is 39.5 Å². The molecule has 0 bridgehead atoms. The van der Waals surface area contributed by atoms with E-state index in [1.54, 1.807) is 12.4 Å². The monoisotopic (exact) mass is 553 g/mol. The lowest BCUT2D eigenvalue weighted by atomic mass is 9.89. The SMILES string of the molecule is Cc1ccc(F)c2nc(Nc3ccc(-c4cn([C@H]5CC[C@H](N6CCN(C)CC6)CC5)c5ncnc(N)c45)cc3)[nH]c12. The van der Waals surface area contributed by atoms with E-state index in [0.29, 0.717) is 34.9 Å². The smallest absolute Gasteiger partial charge is 0.205 e. The maximum absolute atomic E-state index is 14.2. The molecule has 3 aromatic heterocycles. The minimum Gasteiger partial charge on any atom is -0.383 e. The Bertz CT molecular complexity index is 1650. The van der Waals surface area contributed by atoms with Gasteiger partial charge in [0.2, 0.25) is 5.95 Å². The Morgan fingerprint density at radius 3 is 2.41 bits per heavy atom. The predicted molar refractivity (Wildman–Crippen MR) is 162 cm³/mol. The van der Waals surface area contributed by atoms with Gasteiger partial charge in [-0.2, -0.15) is 0 Å². The highest BCUT2D eigenvalue weighted by Gasteiger charge is 2.30. The lowest BCUT2D eigenvalue weighted by molar-refractivity contribution is 0.0828. The van der Waals surface area contributed by atoms with E-state index >= 15 is 0 Å². The van der Waals surface area contributed by atoms with Gasteiger partial charge in [-0.05, 0) is 69.0 Å². The van der Waals surface area contributed by atoms with Crippen LogP contribution in [0.5, 0.6) is 0 Å². The minimum absolute atomic E-state index is 0.338. The van der Waals surface area contributed by atoms with Crippen LogP contribution >= 0.6 is 0 Å². The Labute approximate surface area is 238 Å². The Hall–Kier alpha value is -4.02. The number of hydrogen-bond donors (Lipinski definition) is 3. The molecule has 9 nitrogen and oxygen atoms in total. The molecule has 0 unspecified atom stereocenters. The van der Waals surface area contributed by atoms with Crippen molar-refractivity contribution in [2.75, 3.05) is 44.3 Å². The van der Waals surface area contributed by atoms with Gasteiger partial charge in [0, 0.05) is 55.7 Å². The van der Waals surface area contributed by atoms with Crippen LogP contribution in [0.3, 0.4) is 0 Å². The number of halogens is 1. The van der Waals surface area contributed by atoms with Gasteiger partial charge < -0.3 is 25.5 Å². The van der Waals surface area contributed by atoms with Crippen molar-refractivity contribution in [3.05, 3.63) is 60.3 Å². The fourth-order valence-corrected chi connectivity index (χ4v) is 6.62. The van der Waals surface area contributed by atoms with Crippen LogP contribution < -0.4 is 11.1 Å². The molecule has 212 valence electrons. The van der Waals surface area contributed by atoms with Crippen molar-refractivity contribution in [1.29, 1.82) is 0 Å². The normalized spacial score (nSPS) is 20.7. The number of H-pyrrole nitrogens is 1. The Morgan fingerprint density at radius 1 is 0.951 bits per heavy atom. The van der Waals surface area contributed by atoms with Crippen LogP contribution in [0.1, 0.15) is 37.3 Å². The molecule has 1 aliphatic heterocycles. The molecular weight excluding hydrogens is 517 g/mol. The number of nitrogens with one attached hydrogen (secondary N) is 2. The highest BCUT2D eigenvalue weighted by Crippen LogP contribution is 2.39. The van der Waals surface area contributed by atoms with Crippen molar-refractivity contribution in [1.82, 2.24) is 34.3 Å². The fourth-order valence-electron chi connectivity index (χ4n) is 6.62. The minimum atomic E-state index is -0.339. The second kappa shape index (κ2) is 10.4. The highest BCUT2D eigenvalue weighted by atomic mass is 19.1. The zero-order valence-electron chi connectivity index (χ0n) is 23.6. The first kappa shape index (κ1) is 25.9. The molecule has 1 aliphatic carbocycles. The van der Waals surface area contributed by atoms with Crippen molar-refractivity contribution in [2.24, 2.45) is 0 Å². The lowest BCUT2D eigenvalue weighted by Crippen LogP contribution is -2.49. The van der Waals surface area contributed by atoms with Gasteiger partial charge in [0.1, 0.15) is 23.3 Å². The number of benzene rings is 2. The third kappa shape index (κ3) is 4.81. The van der Waals surface area contributed by atoms with E-state index in [1.807, 2.05) is 19.1 Å². The summed E-state index contributed by atoms with van der Waals surface area (Å²) in [5, 5.41) is 4.17. The summed E-state index contributed by atoms with van der Waals surface area (Å²) in [7, 11) is 2.21. The number of aromatic amines is 1. The van der Waals surface area contributed by atoms with Crippen molar-refractivity contribution in [3.8, 4) is 11.1 Å². The number of imidazole rings is 1. The topological polar surface area (TPSA) is 104 Å². The number of fused-ring (bicyclic) bond motifs is 2. The number of nitrogens with two attached hydrogens (primary N) is 1. The summed E-state index contributed by atoms with van der Waals surface area (Å²) < 4.78 is 16.6. The fraction of sp³-hybridized carbons (Fsp3) is 0.387. The summed E-state index contributed by atoms with van der Waals surface area (Å²) in [5.74, 6) is 0.661. The van der Waals surface area contributed by atoms with E-state index in [1.165, 1.54) is 32.0 Å². The molecule has 2 fully saturated rings. The Kier molecular flexibility index (Phi) is 6.59. The number of likely N-dealkylation sites (N-methyl/N-ethyl adjacent to an activating group) is 1. The first-order valence-electron chi connectivity index (χ1n) is 14.5. The molecule has 4 heterocycles. The number of aromatic nitrogens is 5. The first-order valence-corrected chi connectivity index (χ1v) is 14.5. The van der Waals surface area contributed by atoms with Gasteiger partial charge >= 0.3 is 0 Å². The number of rotatable bonds is 5. The molecule has 0 atom stereocenters. The second-order valence-electron chi connectivity index (χ2n) is 11.6. The Balaban J connectivity index is 1.13. The summed E-state index contributed by atoms with van der Waals surface area (Å²) in [6.45, 7) is 6.59. The lowest BCUT2D eigenvalue weighted by Gasteiger charge is -2.41. The zero-order valence-corrected chi connectivity index (χ0v) is 23.6. The highest BCUT2D eigenvalue weighted by molar-refractivity contribution is 6.00. The van der Waals surface area contributed by atoms with Crippen LogP contribution in [0.25, 0.3) is 33.2 Å². The van der Waals surface area contributed by atoms with Crippen LogP contribution in [-0.2, 0) is 0 Å². The number of nitrogen functional groups attached to an aromatic ring is 1.